The molecule has 1 spiro atoms. The lowest BCUT2D eigenvalue weighted by atomic mass is 9.67. The molecule has 3 rings (SSSR count). The molecule has 0 unspecified atom stereocenters. The number of hydrogen-bond donors (Lipinski definition) is 1. The Morgan fingerprint density at radius 2 is 1.77 bits per heavy atom. The van der Waals surface area contributed by atoms with Crippen LogP contribution >= 0.6 is 0 Å². The van der Waals surface area contributed by atoms with E-state index in [4.69, 9.17) is 19.9 Å². The molecule has 2 aliphatic heterocycles. The van der Waals surface area contributed by atoms with Crippen molar-refractivity contribution in [3.63, 3.8) is 0 Å². The van der Waals surface area contributed by atoms with Crippen molar-refractivity contribution >= 4 is 23.5 Å². The van der Waals surface area contributed by atoms with Crippen LogP contribution in [-0.2, 0) is 34.0 Å². The van der Waals surface area contributed by atoms with Crippen LogP contribution in [0.5, 0.6) is 0 Å². The molecule has 1 atom stereocenters. The summed E-state index contributed by atoms with van der Waals surface area (Å²) in [5.41, 5.74) is 4.90. The second kappa shape index (κ2) is 8.06. The van der Waals surface area contributed by atoms with Crippen LogP contribution in [0.4, 0.5) is 5.69 Å². The zero-order valence-corrected chi connectivity index (χ0v) is 17.2. The fourth-order valence-electron chi connectivity index (χ4n) is 4.04. The second-order valence-corrected chi connectivity index (χ2v) is 6.69. The molecule has 0 fully saturated rings. The van der Waals surface area contributed by atoms with Gasteiger partial charge in [-0.25, -0.2) is 9.59 Å². The van der Waals surface area contributed by atoms with E-state index in [1.54, 1.807) is 44.2 Å². The first-order chi connectivity index (χ1) is 14.4. The van der Waals surface area contributed by atoms with Crippen molar-refractivity contribution in [3.8, 4) is 0 Å². The lowest BCUT2D eigenvalue weighted by Crippen LogP contribution is -2.51. The molecular weight excluding hydrogens is 388 g/mol. The molecule has 1 aromatic carbocycles. The third-order valence-corrected chi connectivity index (χ3v) is 5.05. The van der Waals surface area contributed by atoms with Crippen LogP contribution in [0.25, 0.3) is 0 Å². The number of nitrogens with two attached hydrogens (primary N) is 1. The molecular formula is C22H24N2O6. The molecule has 2 N–H and O–H groups in total. The number of hydrogen-bond acceptors (Lipinski definition) is 7. The minimum atomic E-state index is -1.84. The van der Waals surface area contributed by atoms with Crippen LogP contribution < -0.4 is 10.6 Å². The number of nitrogens with zero attached hydrogens (tertiary/aromatic N) is 1. The summed E-state index contributed by atoms with van der Waals surface area (Å²) in [5, 5.41) is 0. The molecule has 0 aromatic heterocycles. The molecule has 0 saturated carbocycles. The van der Waals surface area contributed by atoms with Gasteiger partial charge < -0.3 is 24.8 Å². The highest BCUT2D eigenvalue weighted by Crippen LogP contribution is 2.54. The molecule has 8 nitrogen and oxygen atoms in total. The average Bonchev–Trinajstić information content (AvgIpc) is 2.92. The number of carbonyl (C=O) groups excluding carboxylic acids is 3. The summed E-state index contributed by atoms with van der Waals surface area (Å²) in [7, 11) is 0. The van der Waals surface area contributed by atoms with Gasteiger partial charge in [0.25, 0.3) is 0 Å². The molecule has 0 aliphatic carbocycles. The third kappa shape index (κ3) is 2.87. The third-order valence-electron chi connectivity index (χ3n) is 5.05. The fourth-order valence-corrected chi connectivity index (χ4v) is 4.04. The maximum atomic E-state index is 13.9. The highest BCUT2D eigenvalue weighted by Gasteiger charge is 2.63. The van der Waals surface area contributed by atoms with Gasteiger partial charge in [0.15, 0.2) is 0 Å². The normalized spacial score (nSPS) is 20.2. The maximum Gasteiger partial charge on any atom is 0.341 e. The number of fused-ring (bicyclic) bond motifs is 2. The summed E-state index contributed by atoms with van der Waals surface area (Å²) in [6.07, 6.45) is 1.56. The molecule has 0 bridgehead atoms. The molecule has 30 heavy (non-hydrogen) atoms. The number of allylic oxidation sites excluding steroid dienone is 1. The van der Waals surface area contributed by atoms with Crippen LogP contribution in [-0.4, -0.2) is 37.6 Å². The van der Waals surface area contributed by atoms with Crippen LogP contribution in [0.3, 0.4) is 0 Å². The van der Waals surface area contributed by atoms with Gasteiger partial charge in [-0.3, -0.25) is 4.79 Å². The first-order valence-electron chi connectivity index (χ1n) is 9.62. The summed E-state index contributed by atoms with van der Waals surface area (Å²) < 4.78 is 16.0. The number of benzene rings is 1. The van der Waals surface area contributed by atoms with Gasteiger partial charge >= 0.3 is 11.9 Å². The van der Waals surface area contributed by atoms with Crippen LogP contribution in [0.1, 0.15) is 26.3 Å². The van der Waals surface area contributed by atoms with Crippen LogP contribution in [0.15, 0.2) is 59.7 Å². The predicted molar refractivity (Wildman–Crippen MR) is 109 cm³/mol. The second-order valence-electron chi connectivity index (χ2n) is 6.69. The number of anilines is 1. The Balaban J connectivity index is 2.42. The van der Waals surface area contributed by atoms with Crippen LogP contribution in [0.2, 0.25) is 0 Å². The van der Waals surface area contributed by atoms with E-state index >= 15 is 0 Å². The molecule has 8 heteroatoms. The van der Waals surface area contributed by atoms with Gasteiger partial charge in [0.1, 0.15) is 22.3 Å². The average molecular weight is 412 g/mol. The fraction of sp³-hybridized carbons (Fsp3) is 0.318. The van der Waals surface area contributed by atoms with Crippen molar-refractivity contribution in [1.82, 2.24) is 0 Å². The Labute approximate surface area is 174 Å². The van der Waals surface area contributed by atoms with Gasteiger partial charge in [0.05, 0.1) is 13.2 Å². The quantitative estimate of drug-likeness (QED) is 0.563. The topological polar surface area (TPSA) is 108 Å². The number of esters is 2. The number of ether oxygens (including phenoxy) is 3. The van der Waals surface area contributed by atoms with Gasteiger partial charge in [0, 0.05) is 17.8 Å². The first kappa shape index (κ1) is 21.2. The van der Waals surface area contributed by atoms with E-state index in [1.807, 2.05) is 0 Å². The van der Waals surface area contributed by atoms with Crippen molar-refractivity contribution in [2.24, 2.45) is 5.73 Å². The molecule has 158 valence electrons. The number of carbonyl (C=O) groups is 3. The van der Waals surface area contributed by atoms with Crippen LogP contribution in [0, 0.1) is 0 Å². The summed E-state index contributed by atoms with van der Waals surface area (Å²) >= 11 is 0. The summed E-state index contributed by atoms with van der Waals surface area (Å²) in [6.45, 7) is 8.80. The predicted octanol–water partition coefficient (Wildman–Crippen LogP) is 2.06. The monoisotopic (exact) mass is 412 g/mol. The van der Waals surface area contributed by atoms with E-state index in [2.05, 4.69) is 6.58 Å². The molecule has 2 aliphatic rings. The Morgan fingerprint density at radius 1 is 1.17 bits per heavy atom. The van der Waals surface area contributed by atoms with E-state index in [9.17, 15) is 14.4 Å². The van der Waals surface area contributed by atoms with Crippen molar-refractivity contribution in [1.29, 1.82) is 0 Å². The minimum absolute atomic E-state index is 0.0509. The Hall–Kier alpha value is -3.55. The zero-order valence-electron chi connectivity index (χ0n) is 17.2. The minimum Gasteiger partial charge on any atom is -0.462 e. The SMILES string of the molecule is C=CCN1C(=O)[C@]2(C(C(=O)OCC)=C(C)OC(N)=C2C(=O)OCC)c2ccccc21. The van der Waals surface area contributed by atoms with Gasteiger partial charge in [-0.15, -0.1) is 6.58 Å². The molecule has 0 radical (unpaired) electrons. The van der Waals surface area contributed by atoms with Crippen molar-refractivity contribution in [2.75, 3.05) is 24.7 Å². The van der Waals surface area contributed by atoms with E-state index in [0.29, 0.717) is 11.3 Å². The van der Waals surface area contributed by atoms with Gasteiger partial charge in [-0.05, 0) is 26.8 Å². The first-order valence-corrected chi connectivity index (χ1v) is 9.62. The highest BCUT2D eigenvalue weighted by atomic mass is 16.5. The number of amides is 1. The largest absolute Gasteiger partial charge is 0.462 e. The molecule has 2 heterocycles. The lowest BCUT2D eigenvalue weighted by molar-refractivity contribution is -0.143. The highest BCUT2D eigenvalue weighted by molar-refractivity contribution is 6.22. The zero-order chi connectivity index (χ0) is 22.1. The smallest absolute Gasteiger partial charge is 0.341 e. The van der Waals surface area contributed by atoms with E-state index in [0.717, 1.165) is 0 Å². The number of para-hydroxylation sites is 1. The van der Waals surface area contributed by atoms with Crippen molar-refractivity contribution in [2.45, 2.75) is 26.2 Å². The van der Waals surface area contributed by atoms with E-state index in [1.165, 1.54) is 11.8 Å². The van der Waals surface area contributed by atoms with Gasteiger partial charge in [-0.1, -0.05) is 24.3 Å². The maximum absolute atomic E-state index is 13.9. The van der Waals surface area contributed by atoms with Crippen molar-refractivity contribution < 1.29 is 28.6 Å². The van der Waals surface area contributed by atoms with Gasteiger partial charge in [0.2, 0.25) is 11.8 Å². The Bertz CT molecular complexity index is 951. The summed E-state index contributed by atoms with van der Waals surface area (Å²) in [4.78, 5) is 41.5. The summed E-state index contributed by atoms with van der Waals surface area (Å²) in [6, 6.07) is 6.90. The molecule has 0 saturated heterocycles. The summed E-state index contributed by atoms with van der Waals surface area (Å²) in [5.74, 6) is -2.34. The molecule has 1 amide bonds. The van der Waals surface area contributed by atoms with E-state index < -0.39 is 23.3 Å². The van der Waals surface area contributed by atoms with E-state index in [-0.39, 0.29) is 42.5 Å². The van der Waals surface area contributed by atoms with Gasteiger partial charge in [-0.2, -0.15) is 0 Å². The Kier molecular flexibility index (Phi) is 5.69. The number of rotatable bonds is 6. The molecule has 1 aromatic rings. The van der Waals surface area contributed by atoms with Crippen molar-refractivity contribution in [3.05, 3.63) is 65.3 Å². The Morgan fingerprint density at radius 3 is 2.37 bits per heavy atom. The standard InChI is InChI=1S/C22H24N2O6/c1-5-12-24-15-11-9-8-10-14(15)22(21(24)27)16(19(25)28-6-2)13(4)30-18(23)17(22)20(26)29-7-3/h5,8-11H,1,6-7,12,23H2,2-4H3/t22-/m0/s1. The lowest BCUT2D eigenvalue weighted by Gasteiger charge is -2.36.